The van der Waals surface area contributed by atoms with Crippen molar-refractivity contribution in [2.45, 2.75) is 32.9 Å². The summed E-state index contributed by atoms with van der Waals surface area (Å²) >= 11 is 0. The number of hydrazone groups is 1. The first-order valence-electron chi connectivity index (χ1n) is 11.6. The van der Waals surface area contributed by atoms with Gasteiger partial charge in [-0.1, -0.05) is 43.3 Å². The van der Waals surface area contributed by atoms with Gasteiger partial charge in [-0.25, -0.2) is 5.43 Å². The monoisotopic (exact) mass is 457 g/mol. The molecule has 1 aliphatic rings. The zero-order chi connectivity index (χ0) is 23.9. The van der Waals surface area contributed by atoms with E-state index >= 15 is 0 Å². The SMILES string of the molecule is CC/C(=N/NC(=O)c1ccc(CN2CCc3ccccc3C2)cc1)c1ccc(OC)c(OC)c1. The number of benzene rings is 3. The molecule has 0 atom stereocenters. The van der Waals surface area contributed by atoms with Crippen LogP contribution in [-0.2, 0) is 19.5 Å². The summed E-state index contributed by atoms with van der Waals surface area (Å²) in [6.07, 6.45) is 1.74. The number of methoxy groups -OCH3 is 2. The number of rotatable bonds is 8. The molecule has 6 nitrogen and oxygen atoms in total. The fourth-order valence-corrected chi connectivity index (χ4v) is 4.26. The van der Waals surface area contributed by atoms with Crippen LogP contribution in [0.5, 0.6) is 11.5 Å². The van der Waals surface area contributed by atoms with Crippen LogP contribution in [0, 0.1) is 0 Å². The topological polar surface area (TPSA) is 63.2 Å². The molecule has 0 saturated heterocycles. The van der Waals surface area contributed by atoms with Crippen molar-refractivity contribution in [2.75, 3.05) is 20.8 Å². The number of hydrogen-bond acceptors (Lipinski definition) is 5. The lowest BCUT2D eigenvalue weighted by Gasteiger charge is -2.28. The van der Waals surface area contributed by atoms with E-state index in [0.29, 0.717) is 23.5 Å². The average molecular weight is 458 g/mol. The Hall–Kier alpha value is -3.64. The molecule has 1 N–H and O–H groups in total. The van der Waals surface area contributed by atoms with Gasteiger partial charge in [-0.3, -0.25) is 9.69 Å². The number of nitrogens with one attached hydrogen (secondary N) is 1. The van der Waals surface area contributed by atoms with E-state index in [2.05, 4.69) is 39.7 Å². The summed E-state index contributed by atoms with van der Waals surface area (Å²) in [5.74, 6) is 1.05. The van der Waals surface area contributed by atoms with Crippen molar-refractivity contribution in [1.82, 2.24) is 10.3 Å². The lowest BCUT2D eigenvalue weighted by atomic mass is 9.99. The van der Waals surface area contributed by atoms with Crippen LogP contribution in [-0.4, -0.2) is 37.3 Å². The van der Waals surface area contributed by atoms with Crippen LogP contribution >= 0.6 is 0 Å². The second-order valence-electron chi connectivity index (χ2n) is 8.35. The Labute approximate surface area is 201 Å². The van der Waals surface area contributed by atoms with Crippen molar-refractivity contribution in [3.05, 3.63) is 94.5 Å². The van der Waals surface area contributed by atoms with Gasteiger partial charge in [-0.2, -0.15) is 5.10 Å². The molecule has 0 spiro atoms. The average Bonchev–Trinajstić information content (AvgIpc) is 2.89. The zero-order valence-corrected chi connectivity index (χ0v) is 20.0. The fraction of sp³-hybridized carbons (Fsp3) is 0.286. The highest BCUT2D eigenvalue weighted by molar-refractivity contribution is 6.02. The molecule has 1 heterocycles. The molecule has 3 aromatic rings. The standard InChI is InChI=1S/C28H31N3O3/c1-4-25(23-13-14-26(33-2)27(17-23)34-3)29-30-28(32)22-11-9-20(10-12-22)18-31-16-15-21-7-5-6-8-24(21)19-31/h5-14,17H,4,15-16,18-19H2,1-3H3,(H,30,32)/b29-25-. The Bertz CT molecular complexity index is 1170. The van der Waals surface area contributed by atoms with Crippen LogP contribution in [0.25, 0.3) is 0 Å². The highest BCUT2D eigenvalue weighted by Crippen LogP contribution is 2.28. The van der Waals surface area contributed by atoms with E-state index in [4.69, 9.17) is 9.47 Å². The highest BCUT2D eigenvalue weighted by Gasteiger charge is 2.16. The first kappa shape index (κ1) is 23.5. The van der Waals surface area contributed by atoms with E-state index in [1.165, 1.54) is 16.7 Å². The second kappa shape index (κ2) is 11.0. The second-order valence-corrected chi connectivity index (χ2v) is 8.35. The molecular weight excluding hydrogens is 426 g/mol. The predicted molar refractivity (Wildman–Crippen MR) is 135 cm³/mol. The summed E-state index contributed by atoms with van der Waals surface area (Å²) in [7, 11) is 3.20. The Balaban J connectivity index is 1.38. The molecule has 0 bridgehead atoms. The van der Waals surface area contributed by atoms with Gasteiger partial charge >= 0.3 is 0 Å². The third kappa shape index (κ3) is 5.46. The van der Waals surface area contributed by atoms with Gasteiger partial charge in [-0.05, 0) is 59.9 Å². The molecule has 1 amide bonds. The number of ether oxygens (including phenoxy) is 2. The van der Waals surface area contributed by atoms with Gasteiger partial charge in [0, 0.05) is 30.8 Å². The van der Waals surface area contributed by atoms with Crippen LogP contribution in [0.15, 0.2) is 71.8 Å². The third-order valence-electron chi connectivity index (χ3n) is 6.18. The lowest BCUT2D eigenvalue weighted by Crippen LogP contribution is -2.30. The molecule has 0 radical (unpaired) electrons. The zero-order valence-electron chi connectivity index (χ0n) is 20.0. The molecule has 3 aromatic carbocycles. The van der Waals surface area contributed by atoms with Gasteiger partial charge in [0.1, 0.15) is 0 Å². The van der Waals surface area contributed by atoms with Crippen molar-refractivity contribution in [3.8, 4) is 11.5 Å². The van der Waals surface area contributed by atoms with Crippen LogP contribution in [0.4, 0.5) is 0 Å². The van der Waals surface area contributed by atoms with E-state index in [0.717, 1.165) is 37.3 Å². The molecule has 176 valence electrons. The van der Waals surface area contributed by atoms with Crippen LogP contribution in [0.1, 0.15) is 46.0 Å². The molecule has 6 heteroatoms. The largest absolute Gasteiger partial charge is 0.493 e. The number of carbonyl (C=O) groups is 1. The Morgan fingerprint density at radius 1 is 0.941 bits per heavy atom. The summed E-state index contributed by atoms with van der Waals surface area (Å²) in [6, 6.07) is 22.0. The quantitative estimate of drug-likeness (QED) is 0.390. The van der Waals surface area contributed by atoms with Crippen molar-refractivity contribution in [3.63, 3.8) is 0 Å². The minimum atomic E-state index is -0.232. The third-order valence-corrected chi connectivity index (χ3v) is 6.18. The van der Waals surface area contributed by atoms with E-state index in [-0.39, 0.29) is 5.91 Å². The first-order chi connectivity index (χ1) is 16.6. The van der Waals surface area contributed by atoms with Gasteiger partial charge in [0.25, 0.3) is 5.91 Å². The van der Waals surface area contributed by atoms with E-state index in [1.807, 2.05) is 49.4 Å². The number of fused-ring (bicyclic) bond motifs is 1. The molecule has 0 fully saturated rings. The number of nitrogens with zero attached hydrogens (tertiary/aromatic N) is 2. The van der Waals surface area contributed by atoms with E-state index < -0.39 is 0 Å². The summed E-state index contributed by atoms with van der Waals surface area (Å²) in [6.45, 7) is 4.87. The van der Waals surface area contributed by atoms with Crippen molar-refractivity contribution in [2.24, 2.45) is 5.10 Å². The maximum Gasteiger partial charge on any atom is 0.271 e. The van der Waals surface area contributed by atoms with Crippen LogP contribution < -0.4 is 14.9 Å². The summed E-state index contributed by atoms with van der Waals surface area (Å²) in [4.78, 5) is 15.1. The summed E-state index contributed by atoms with van der Waals surface area (Å²) < 4.78 is 10.7. The first-order valence-corrected chi connectivity index (χ1v) is 11.6. The van der Waals surface area contributed by atoms with Gasteiger partial charge in [0.05, 0.1) is 19.9 Å². The Morgan fingerprint density at radius 3 is 2.35 bits per heavy atom. The number of carbonyl (C=O) groups excluding carboxylic acids is 1. The number of amides is 1. The molecule has 0 saturated carbocycles. The normalized spacial score (nSPS) is 13.8. The molecule has 1 aliphatic heterocycles. The van der Waals surface area contributed by atoms with E-state index in [1.54, 1.807) is 14.2 Å². The van der Waals surface area contributed by atoms with Gasteiger partial charge in [0.2, 0.25) is 0 Å². The van der Waals surface area contributed by atoms with Crippen molar-refractivity contribution < 1.29 is 14.3 Å². The fourth-order valence-electron chi connectivity index (χ4n) is 4.26. The smallest absolute Gasteiger partial charge is 0.271 e. The van der Waals surface area contributed by atoms with Crippen LogP contribution in [0.2, 0.25) is 0 Å². The highest BCUT2D eigenvalue weighted by atomic mass is 16.5. The van der Waals surface area contributed by atoms with Crippen LogP contribution in [0.3, 0.4) is 0 Å². The van der Waals surface area contributed by atoms with Gasteiger partial charge < -0.3 is 9.47 Å². The maximum atomic E-state index is 12.7. The van der Waals surface area contributed by atoms with Crippen molar-refractivity contribution >= 4 is 11.6 Å². The van der Waals surface area contributed by atoms with Gasteiger partial charge in [0.15, 0.2) is 11.5 Å². The molecule has 0 unspecified atom stereocenters. The predicted octanol–water partition coefficient (Wildman–Crippen LogP) is 4.81. The summed E-state index contributed by atoms with van der Waals surface area (Å²) in [5.41, 5.74) is 8.96. The molecule has 0 aliphatic carbocycles. The Kier molecular flexibility index (Phi) is 7.60. The van der Waals surface area contributed by atoms with Crippen molar-refractivity contribution in [1.29, 1.82) is 0 Å². The van der Waals surface area contributed by atoms with Gasteiger partial charge in [-0.15, -0.1) is 0 Å². The number of hydrogen-bond donors (Lipinski definition) is 1. The minimum absolute atomic E-state index is 0.232. The maximum absolute atomic E-state index is 12.7. The molecular formula is C28H31N3O3. The summed E-state index contributed by atoms with van der Waals surface area (Å²) in [5, 5.41) is 4.37. The molecule has 34 heavy (non-hydrogen) atoms. The molecule has 4 rings (SSSR count). The molecule has 0 aromatic heterocycles. The minimum Gasteiger partial charge on any atom is -0.493 e. The van der Waals surface area contributed by atoms with E-state index in [9.17, 15) is 4.79 Å². The lowest BCUT2D eigenvalue weighted by molar-refractivity contribution is 0.0954. The Morgan fingerprint density at radius 2 is 1.65 bits per heavy atom.